The molecular formula is C13H16O5. The molecule has 1 aromatic rings. The first-order chi connectivity index (χ1) is 8.74. The molecular weight excluding hydrogens is 236 g/mol. The molecule has 98 valence electrons. The van der Waals surface area contributed by atoms with Gasteiger partial charge in [-0.1, -0.05) is 18.2 Å². The maximum atomic E-state index is 11.3. The van der Waals surface area contributed by atoms with Crippen molar-refractivity contribution in [2.45, 2.75) is 0 Å². The highest BCUT2D eigenvalue weighted by molar-refractivity contribution is 5.85. The molecule has 18 heavy (non-hydrogen) atoms. The highest BCUT2D eigenvalue weighted by atomic mass is 16.6. The summed E-state index contributed by atoms with van der Waals surface area (Å²) in [7, 11) is 0. The van der Waals surface area contributed by atoms with Crippen LogP contribution in [0.25, 0.3) is 0 Å². The van der Waals surface area contributed by atoms with Gasteiger partial charge in [-0.25, -0.2) is 4.79 Å². The average molecular weight is 252 g/mol. The Morgan fingerprint density at radius 1 is 1.11 bits per heavy atom. The second kappa shape index (κ2) is 8.14. The Labute approximate surface area is 106 Å². The maximum absolute atomic E-state index is 11.3. The summed E-state index contributed by atoms with van der Waals surface area (Å²) < 4.78 is 15.0. The van der Waals surface area contributed by atoms with Gasteiger partial charge in [0.15, 0.2) is 5.76 Å². The molecule has 0 amide bonds. The molecule has 0 spiro atoms. The van der Waals surface area contributed by atoms with Crippen LogP contribution in [0.15, 0.2) is 42.7 Å². The van der Waals surface area contributed by atoms with Gasteiger partial charge >= 0.3 is 5.97 Å². The van der Waals surface area contributed by atoms with Crippen LogP contribution in [0.3, 0.4) is 0 Å². The van der Waals surface area contributed by atoms with Crippen LogP contribution >= 0.6 is 0 Å². The monoisotopic (exact) mass is 252 g/mol. The van der Waals surface area contributed by atoms with Crippen molar-refractivity contribution in [1.29, 1.82) is 0 Å². The molecule has 1 rings (SSSR count). The molecule has 0 atom stereocenters. The molecule has 1 aromatic carbocycles. The fraction of sp³-hybridized carbons (Fsp3) is 0.308. The van der Waals surface area contributed by atoms with E-state index in [1.54, 1.807) is 0 Å². The topological polar surface area (TPSA) is 65.0 Å². The van der Waals surface area contributed by atoms with E-state index in [0.29, 0.717) is 5.75 Å². The summed E-state index contributed by atoms with van der Waals surface area (Å²) in [5.41, 5.74) is 0. The Hall–Kier alpha value is -2.01. The third-order valence-corrected chi connectivity index (χ3v) is 1.92. The Morgan fingerprint density at radius 3 is 2.50 bits per heavy atom. The molecule has 0 aliphatic heterocycles. The van der Waals surface area contributed by atoms with Crippen LogP contribution in [0.5, 0.6) is 5.75 Å². The highest BCUT2D eigenvalue weighted by Crippen LogP contribution is 2.07. The Kier molecular flexibility index (Phi) is 6.35. The smallest absolute Gasteiger partial charge is 0.373 e. The summed E-state index contributed by atoms with van der Waals surface area (Å²) in [4.78, 5) is 11.3. The molecule has 5 heteroatoms. The zero-order chi connectivity index (χ0) is 13.2. The molecule has 0 bridgehead atoms. The van der Waals surface area contributed by atoms with Gasteiger partial charge in [-0.2, -0.15) is 0 Å². The fourth-order valence-electron chi connectivity index (χ4n) is 1.12. The number of rotatable bonds is 8. The lowest BCUT2D eigenvalue weighted by Gasteiger charge is -2.09. The Balaban J connectivity index is 2.14. The zero-order valence-corrected chi connectivity index (χ0v) is 10.0. The second-order valence-corrected chi connectivity index (χ2v) is 3.29. The fourth-order valence-corrected chi connectivity index (χ4v) is 1.12. The summed E-state index contributed by atoms with van der Waals surface area (Å²) >= 11 is 0. The maximum Gasteiger partial charge on any atom is 0.373 e. The van der Waals surface area contributed by atoms with E-state index in [1.165, 1.54) is 0 Å². The molecule has 0 aliphatic rings. The van der Waals surface area contributed by atoms with Gasteiger partial charge in [0.2, 0.25) is 0 Å². The van der Waals surface area contributed by atoms with Crippen molar-refractivity contribution in [3.63, 3.8) is 0 Å². The van der Waals surface area contributed by atoms with E-state index < -0.39 is 5.97 Å². The molecule has 1 N–H and O–H groups in total. The molecule has 0 unspecified atom stereocenters. The normalized spacial score (nSPS) is 9.61. The number of esters is 1. The van der Waals surface area contributed by atoms with E-state index in [0.717, 1.165) is 0 Å². The van der Waals surface area contributed by atoms with Crippen molar-refractivity contribution in [1.82, 2.24) is 0 Å². The number of hydrogen-bond donors (Lipinski definition) is 1. The van der Waals surface area contributed by atoms with Gasteiger partial charge in [0.05, 0.1) is 6.61 Å². The predicted molar refractivity (Wildman–Crippen MR) is 65.1 cm³/mol. The summed E-state index contributed by atoms with van der Waals surface area (Å²) in [6, 6.07) is 9.21. The minimum atomic E-state index is -0.653. The van der Waals surface area contributed by atoms with E-state index in [1.807, 2.05) is 30.3 Å². The van der Waals surface area contributed by atoms with Crippen molar-refractivity contribution < 1.29 is 24.1 Å². The van der Waals surface area contributed by atoms with Crippen molar-refractivity contribution in [2.75, 3.05) is 26.4 Å². The van der Waals surface area contributed by atoms with Crippen molar-refractivity contribution >= 4 is 5.97 Å². The van der Waals surface area contributed by atoms with Crippen LogP contribution in [0, 0.1) is 0 Å². The molecule has 0 saturated carbocycles. The lowest BCUT2D eigenvalue weighted by Crippen LogP contribution is -2.15. The Bertz CT molecular complexity index is 374. The van der Waals surface area contributed by atoms with Gasteiger partial charge < -0.3 is 19.3 Å². The predicted octanol–water partition coefficient (Wildman–Crippen LogP) is 1.13. The van der Waals surface area contributed by atoms with Crippen molar-refractivity contribution in [3.05, 3.63) is 42.7 Å². The minimum Gasteiger partial charge on any atom is -0.490 e. The van der Waals surface area contributed by atoms with E-state index in [-0.39, 0.29) is 32.2 Å². The number of para-hydroxylation sites is 1. The van der Waals surface area contributed by atoms with E-state index in [4.69, 9.17) is 19.3 Å². The first-order valence-electron chi connectivity index (χ1n) is 5.51. The number of benzene rings is 1. The van der Waals surface area contributed by atoms with Crippen molar-refractivity contribution in [3.8, 4) is 5.75 Å². The lowest BCUT2D eigenvalue weighted by molar-refractivity contribution is -0.143. The van der Waals surface area contributed by atoms with Gasteiger partial charge in [0, 0.05) is 0 Å². The van der Waals surface area contributed by atoms with Gasteiger partial charge in [0.1, 0.15) is 25.6 Å². The van der Waals surface area contributed by atoms with Crippen LogP contribution in [-0.2, 0) is 14.3 Å². The molecule has 0 heterocycles. The third-order valence-electron chi connectivity index (χ3n) is 1.92. The standard InChI is InChI=1S/C13H16O5/c1-11(16-8-7-14)13(15)18-10-9-17-12-5-3-2-4-6-12/h2-6,14H,1,7-10H2. The van der Waals surface area contributed by atoms with Crippen LogP contribution in [0.1, 0.15) is 0 Å². The van der Waals surface area contributed by atoms with Crippen LogP contribution < -0.4 is 4.74 Å². The molecule has 5 nitrogen and oxygen atoms in total. The van der Waals surface area contributed by atoms with Crippen LogP contribution in [0.2, 0.25) is 0 Å². The average Bonchev–Trinajstić information content (AvgIpc) is 2.41. The first-order valence-corrected chi connectivity index (χ1v) is 5.51. The molecule has 0 saturated heterocycles. The van der Waals surface area contributed by atoms with Crippen LogP contribution in [0.4, 0.5) is 0 Å². The third kappa shape index (κ3) is 5.36. The number of aliphatic hydroxyl groups excluding tert-OH is 1. The lowest BCUT2D eigenvalue weighted by atomic mass is 10.3. The number of carbonyl (C=O) groups excluding carboxylic acids is 1. The molecule has 0 radical (unpaired) electrons. The quantitative estimate of drug-likeness (QED) is 0.325. The van der Waals surface area contributed by atoms with Crippen LogP contribution in [-0.4, -0.2) is 37.5 Å². The van der Waals surface area contributed by atoms with E-state index >= 15 is 0 Å². The number of ether oxygens (including phenoxy) is 3. The number of hydrogen-bond acceptors (Lipinski definition) is 5. The summed E-state index contributed by atoms with van der Waals surface area (Å²) in [5.74, 6) is -0.0622. The molecule has 0 aliphatic carbocycles. The summed E-state index contributed by atoms with van der Waals surface area (Å²) in [5, 5.41) is 8.50. The summed E-state index contributed by atoms with van der Waals surface area (Å²) in [6.45, 7) is 3.58. The first kappa shape index (κ1) is 14.1. The second-order valence-electron chi connectivity index (χ2n) is 3.29. The van der Waals surface area contributed by atoms with Gasteiger partial charge in [0.25, 0.3) is 0 Å². The highest BCUT2D eigenvalue weighted by Gasteiger charge is 2.09. The minimum absolute atomic E-state index is 0.0223. The van der Waals surface area contributed by atoms with Crippen molar-refractivity contribution in [2.24, 2.45) is 0 Å². The van der Waals surface area contributed by atoms with Gasteiger partial charge in [-0.3, -0.25) is 0 Å². The number of aliphatic hydroxyl groups is 1. The van der Waals surface area contributed by atoms with Gasteiger partial charge in [-0.15, -0.1) is 0 Å². The zero-order valence-electron chi connectivity index (χ0n) is 10.0. The SMILES string of the molecule is C=C(OCCO)C(=O)OCCOc1ccccc1. The largest absolute Gasteiger partial charge is 0.490 e. The summed E-state index contributed by atoms with van der Waals surface area (Å²) in [6.07, 6.45) is 0. The Morgan fingerprint density at radius 2 is 1.83 bits per heavy atom. The van der Waals surface area contributed by atoms with Gasteiger partial charge in [-0.05, 0) is 18.7 Å². The number of carbonyl (C=O) groups is 1. The molecule has 0 aromatic heterocycles. The van der Waals surface area contributed by atoms with E-state index in [2.05, 4.69) is 6.58 Å². The van der Waals surface area contributed by atoms with E-state index in [9.17, 15) is 4.79 Å². The molecule has 0 fully saturated rings.